The monoisotopic (exact) mass is 345 g/mol. The molecule has 0 saturated heterocycles. The van der Waals surface area contributed by atoms with Crippen molar-refractivity contribution in [2.24, 2.45) is 0 Å². The molecular formula is C16H15N3O4S. The molecular weight excluding hydrogens is 330 g/mol. The predicted molar refractivity (Wildman–Crippen MR) is 86.2 cm³/mol. The smallest absolute Gasteiger partial charge is 0.275 e. The van der Waals surface area contributed by atoms with Gasteiger partial charge in [-0.3, -0.25) is 10.2 Å². The Bertz CT molecular complexity index is 843. The second kappa shape index (κ2) is 7.59. The van der Waals surface area contributed by atoms with Crippen LogP contribution in [0.3, 0.4) is 0 Å². The molecule has 2 N–H and O–H groups in total. The van der Waals surface area contributed by atoms with Gasteiger partial charge in [0.25, 0.3) is 15.9 Å². The van der Waals surface area contributed by atoms with Gasteiger partial charge in [0.05, 0.1) is 16.5 Å². The number of hydrogen-bond acceptors (Lipinski definition) is 5. The molecule has 2 aromatic carbocycles. The van der Waals surface area contributed by atoms with Crippen LogP contribution in [0.5, 0.6) is 5.75 Å². The number of nitrogens with one attached hydrogen (secondary N) is 2. The Morgan fingerprint density at radius 2 is 1.75 bits per heavy atom. The van der Waals surface area contributed by atoms with Crippen LogP contribution in [-0.4, -0.2) is 20.4 Å². The van der Waals surface area contributed by atoms with E-state index in [0.29, 0.717) is 11.3 Å². The first-order valence-electron chi connectivity index (χ1n) is 6.96. The summed E-state index contributed by atoms with van der Waals surface area (Å²) in [6.45, 7) is 1.48. The van der Waals surface area contributed by atoms with Crippen molar-refractivity contribution in [3.05, 3.63) is 60.2 Å². The number of nitriles is 1. The van der Waals surface area contributed by atoms with Crippen molar-refractivity contribution in [1.29, 1.82) is 5.26 Å². The number of benzene rings is 2. The van der Waals surface area contributed by atoms with Crippen molar-refractivity contribution in [3.63, 3.8) is 0 Å². The lowest BCUT2D eigenvalue weighted by molar-refractivity contribution is -0.127. The summed E-state index contributed by atoms with van der Waals surface area (Å²) < 4.78 is 29.4. The summed E-state index contributed by atoms with van der Waals surface area (Å²) >= 11 is 0. The van der Waals surface area contributed by atoms with Gasteiger partial charge in [-0.05, 0) is 43.3 Å². The molecule has 0 aromatic heterocycles. The van der Waals surface area contributed by atoms with Crippen LogP contribution in [0.1, 0.15) is 12.5 Å². The quantitative estimate of drug-likeness (QED) is 0.768. The molecule has 0 aliphatic carbocycles. The number of hydrogen-bond donors (Lipinski definition) is 2. The van der Waals surface area contributed by atoms with Crippen LogP contribution in [0.2, 0.25) is 0 Å². The molecule has 1 amide bonds. The standard InChI is InChI=1S/C16H15N3O4S/c1-12(23-14-9-7-13(11-17)8-10-14)16(20)18-19-24(21,22)15-5-3-2-4-6-15/h2-10,12,19H,1H3,(H,18,20)/t12-/m0/s1. The molecule has 8 heteroatoms. The molecule has 0 heterocycles. The molecule has 0 radical (unpaired) electrons. The lowest BCUT2D eigenvalue weighted by Crippen LogP contribution is -2.47. The lowest BCUT2D eigenvalue weighted by atomic mass is 10.2. The number of carbonyl (C=O) groups is 1. The summed E-state index contributed by atoms with van der Waals surface area (Å²) in [6, 6.07) is 15.8. The Hall–Kier alpha value is -2.89. The van der Waals surface area contributed by atoms with Crippen molar-refractivity contribution in [2.45, 2.75) is 17.9 Å². The summed E-state index contributed by atoms with van der Waals surface area (Å²) in [5, 5.41) is 8.72. The van der Waals surface area contributed by atoms with Crippen LogP contribution in [-0.2, 0) is 14.8 Å². The molecule has 0 aliphatic rings. The fraction of sp³-hybridized carbons (Fsp3) is 0.125. The van der Waals surface area contributed by atoms with E-state index >= 15 is 0 Å². The zero-order valence-corrected chi connectivity index (χ0v) is 13.6. The average molecular weight is 345 g/mol. The number of sulfonamides is 1. The van der Waals surface area contributed by atoms with E-state index < -0.39 is 22.0 Å². The van der Waals surface area contributed by atoms with Crippen LogP contribution in [0.4, 0.5) is 0 Å². The summed E-state index contributed by atoms with van der Waals surface area (Å²) in [5.74, 6) is -0.263. The van der Waals surface area contributed by atoms with Crippen LogP contribution >= 0.6 is 0 Å². The Morgan fingerprint density at radius 1 is 1.12 bits per heavy atom. The third kappa shape index (κ3) is 4.55. The van der Waals surface area contributed by atoms with Gasteiger partial charge in [-0.25, -0.2) is 8.42 Å². The normalized spacial score (nSPS) is 12.0. The van der Waals surface area contributed by atoms with Crippen molar-refractivity contribution in [3.8, 4) is 11.8 Å². The third-order valence-corrected chi connectivity index (χ3v) is 4.29. The minimum absolute atomic E-state index is 0.0333. The minimum atomic E-state index is -3.84. The molecule has 0 fully saturated rings. The summed E-state index contributed by atoms with van der Waals surface area (Å²) in [4.78, 5) is 14.0. The highest BCUT2D eigenvalue weighted by atomic mass is 32.2. The first-order valence-corrected chi connectivity index (χ1v) is 8.44. The SMILES string of the molecule is C[C@H](Oc1ccc(C#N)cc1)C(=O)NNS(=O)(=O)c1ccccc1. The zero-order chi connectivity index (χ0) is 17.6. The number of hydrazine groups is 1. The van der Waals surface area contributed by atoms with Gasteiger partial charge in [0, 0.05) is 0 Å². The van der Waals surface area contributed by atoms with Gasteiger partial charge in [0.15, 0.2) is 6.10 Å². The Labute approximate surface area is 139 Å². The van der Waals surface area contributed by atoms with E-state index in [1.165, 1.54) is 19.1 Å². The van der Waals surface area contributed by atoms with E-state index in [0.717, 1.165) is 0 Å². The maximum absolute atomic E-state index is 12.0. The molecule has 2 rings (SSSR count). The van der Waals surface area contributed by atoms with E-state index in [4.69, 9.17) is 10.00 Å². The van der Waals surface area contributed by atoms with Gasteiger partial charge in [-0.15, -0.1) is 4.83 Å². The Balaban J connectivity index is 1.93. The maximum Gasteiger partial charge on any atom is 0.275 e. The molecule has 124 valence electrons. The zero-order valence-electron chi connectivity index (χ0n) is 12.8. The van der Waals surface area contributed by atoms with E-state index in [1.807, 2.05) is 10.9 Å². The van der Waals surface area contributed by atoms with Crippen LogP contribution in [0.25, 0.3) is 0 Å². The number of nitrogens with zero attached hydrogens (tertiary/aromatic N) is 1. The van der Waals surface area contributed by atoms with Gasteiger partial charge in [0.1, 0.15) is 5.75 Å². The fourth-order valence-electron chi connectivity index (χ4n) is 1.74. The Morgan fingerprint density at radius 3 is 2.33 bits per heavy atom. The molecule has 0 spiro atoms. The molecule has 0 unspecified atom stereocenters. The van der Waals surface area contributed by atoms with E-state index in [1.54, 1.807) is 42.5 Å². The highest BCUT2D eigenvalue weighted by Gasteiger charge is 2.19. The van der Waals surface area contributed by atoms with Crippen molar-refractivity contribution < 1.29 is 17.9 Å². The topological polar surface area (TPSA) is 108 Å². The molecule has 7 nitrogen and oxygen atoms in total. The Kier molecular flexibility index (Phi) is 5.52. The minimum Gasteiger partial charge on any atom is -0.481 e. The van der Waals surface area contributed by atoms with Gasteiger partial charge in [-0.2, -0.15) is 5.26 Å². The average Bonchev–Trinajstić information content (AvgIpc) is 2.61. The number of amides is 1. The highest BCUT2D eigenvalue weighted by molar-refractivity contribution is 7.89. The highest BCUT2D eigenvalue weighted by Crippen LogP contribution is 2.13. The van der Waals surface area contributed by atoms with Gasteiger partial charge >= 0.3 is 0 Å². The molecule has 0 aliphatic heterocycles. The van der Waals surface area contributed by atoms with Crippen LogP contribution in [0.15, 0.2) is 59.5 Å². The number of ether oxygens (including phenoxy) is 1. The summed E-state index contributed by atoms with van der Waals surface area (Å²) in [7, 11) is -3.84. The molecule has 2 aromatic rings. The number of carbonyl (C=O) groups excluding carboxylic acids is 1. The fourth-order valence-corrected chi connectivity index (χ4v) is 2.61. The van der Waals surface area contributed by atoms with E-state index in [9.17, 15) is 13.2 Å². The van der Waals surface area contributed by atoms with E-state index in [2.05, 4.69) is 5.43 Å². The van der Waals surface area contributed by atoms with Crippen LogP contribution < -0.4 is 15.0 Å². The summed E-state index contributed by atoms with van der Waals surface area (Å²) in [6.07, 6.45) is -0.934. The molecule has 0 bridgehead atoms. The second-order valence-electron chi connectivity index (χ2n) is 4.80. The lowest BCUT2D eigenvalue weighted by Gasteiger charge is -2.15. The van der Waals surface area contributed by atoms with Crippen molar-refractivity contribution in [1.82, 2.24) is 10.3 Å². The van der Waals surface area contributed by atoms with Gasteiger partial charge < -0.3 is 4.74 Å². The van der Waals surface area contributed by atoms with Gasteiger partial charge in [0.2, 0.25) is 0 Å². The molecule has 24 heavy (non-hydrogen) atoms. The first kappa shape index (κ1) is 17.5. The first-order chi connectivity index (χ1) is 11.4. The second-order valence-corrected chi connectivity index (χ2v) is 6.49. The predicted octanol–water partition coefficient (Wildman–Crippen LogP) is 1.34. The molecule has 0 saturated carbocycles. The maximum atomic E-state index is 12.0. The largest absolute Gasteiger partial charge is 0.481 e. The number of rotatable bonds is 6. The summed E-state index contributed by atoms with van der Waals surface area (Å²) in [5.41, 5.74) is 2.58. The van der Waals surface area contributed by atoms with Crippen molar-refractivity contribution in [2.75, 3.05) is 0 Å². The van der Waals surface area contributed by atoms with Crippen LogP contribution in [0, 0.1) is 11.3 Å². The van der Waals surface area contributed by atoms with Crippen molar-refractivity contribution >= 4 is 15.9 Å². The third-order valence-electron chi connectivity index (χ3n) is 3.03. The van der Waals surface area contributed by atoms with E-state index in [-0.39, 0.29) is 4.90 Å². The molecule has 1 atom stereocenters. The van der Waals surface area contributed by atoms with Gasteiger partial charge in [-0.1, -0.05) is 18.2 Å².